The normalized spacial score (nSPS) is 11.3. The second kappa shape index (κ2) is 8.99. The third-order valence-electron chi connectivity index (χ3n) is 5.17. The summed E-state index contributed by atoms with van der Waals surface area (Å²) in [5.41, 5.74) is 2.04. The van der Waals surface area contributed by atoms with E-state index in [-0.39, 0.29) is 16.8 Å². The van der Waals surface area contributed by atoms with Crippen molar-refractivity contribution in [3.8, 4) is 11.5 Å². The van der Waals surface area contributed by atoms with Crippen molar-refractivity contribution in [2.24, 2.45) is 0 Å². The maximum Gasteiger partial charge on any atom is 0.264 e. The van der Waals surface area contributed by atoms with E-state index in [1.54, 1.807) is 12.1 Å². The fraction of sp³-hybridized carbons (Fsp3) is 0.0400. The van der Waals surface area contributed by atoms with Crippen molar-refractivity contribution in [3.05, 3.63) is 96.5 Å². The maximum absolute atomic E-state index is 13.2. The van der Waals surface area contributed by atoms with Gasteiger partial charge in [-0.25, -0.2) is 28.1 Å². The predicted octanol–water partition coefficient (Wildman–Crippen LogP) is 4.65. The standard InChI is InChI=1S/C25H19N5O4S/c1-16-7-12-23(34-16)22-15-20(19-5-2-3-6-21(19)29-22)24(31)28-17-8-10-18(11-9-17)35(32,33)30-25-26-13-4-14-27-25/h2-15H,1H3,(H,28,31)(H,26,27,30). The van der Waals surface area contributed by atoms with Gasteiger partial charge in [-0.1, -0.05) is 18.2 Å². The molecular formula is C25H19N5O4S. The first-order chi connectivity index (χ1) is 16.9. The fourth-order valence-electron chi connectivity index (χ4n) is 3.51. The number of carbonyl (C=O) groups is 1. The van der Waals surface area contributed by atoms with E-state index in [4.69, 9.17) is 4.42 Å². The summed E-state index contributed by atoms with van der Waals surface area (Å²) in [5.74, 6) is 0.910. The lowest BCUT2D eigenvalue weighted by atomic mass is 10.1. The molecule has 0 saturated heterocycles. The molecule has 0 saturated carbocycles. The third-order valence-corrected chi connectivity index (χ3v) is 6.51. The van der Waals surface area contributed by atoms with E-state index in [0.717, 1.165) is 5.76 Å². The first kappa shape index (κ1) is 22.2. The molecule has 174 valence electrons. The van der Waals surface area contributed by atoms with Gasteiger partial charge < -0.3 is 9.73 Å². The van der Waals surface area contributed by atoms with Crippen LogP contribution in [0, 0.1) is 6.92 Å². The van der Waals surface area contributed by atoms with E-state index in [2.05, 4.69) is 25.0 Å². The van der Waals surface area contributed by atoms with Gasteiger partial charge in [0.15, 0.2) is 5.76 Å². The van der Waals surface area contributed by atoms with Crippen molar-refractivity contribution in [3.63, 3.8) is 0 Å². The Morgan fingerprint density at radius 2 is 1.66 bits per heavy atom. The lowest BCUT2D eigenvalue weighted by Gasteiger charge is -2.11. The first-order valence-electron chi connectivity index (χ1n) is 10.6. The number of fused-ring (bicyclic) bond motifs is 1. The van der Waals surface area contributed by atoms with Crippen LogP contribution in [0.4, 0.5) is 11.6 Å². The largest absolute Gasteiger partial charge is 0.460 e. The molecule has 0 atom stereocenters. The Kier molecular flexibility index (Phi) is 5.71. The van der Waals surface area contributed by atoms with Crippen molar-refractivity contribution in [1.29, 1.82) is 0 Å². The van der Waals surface area contributed by atoms with E-state index in [1.807, 2.05) is 43.3 Å². The molecule has 5 aromatic rings. The molecule has 10 heteroatoms. The average molecular weight is 486 g/mol. The zero-order chi connectivity index (χ0) is 24.4. The van der Waals surface area contributed by atoms with Crippen LogP contribution >= 0.6 is 0 Å². The Morgan fingerprint density at radius 3 is 2.37 bits per heavy atom. The van der Waals surface area contributed by atoms with Gasteiger partial charge in [0.2, 0.25) is 5.95 Å². The SMILES string of the molecule is Cc1ccc(-c2cc(C(=O)Nc3ccc(S(=O)(=O)Nc4ncccn4)cc3)c3ccccc3n2)o1. The Balaban J connectivity index is 1.41. The number of nitrogens with one attached hydrogen (secondary N) is 2. The Bertz CT molecular complexity index is 1630. The molecule has 2 N–H and O–H groups in total. The number of anilines is 2. The van der Waals surface area contributed by atoms with Crippen LogP contribution in [0.1, 0.15) is 16.1 Å². The average Bonchev–Trinajstić information content (AvgIpc) is 3.30. The number of aryl methyl sites for hydroxylation is 1. The molecule has 0 radical (unpaired) electrons. The molecule has 0 aliphatic rings. The Morgan fingerprint density at radius 1 is 0.914 bits per heavy atom. The van der Waals surface area contributed by atoms with Gasteiger partial charge >= 0.3 is 0 Å². The van der Waals surface area contributed by atoms with Crippen molar-refractivity contribution in [2.45, 2.75) is 11.8 Å². The number of carbonyl (C=O) groups excluding carboxylic acids is 1. The minimum Gasteiger partial charge on any atom is -0.460 e. The lowest BCUT2D eigenvalue weighted by Crippen LogP contribution is -2.15. The molecule has 0 aliphatic carbocycles. The zero-order valence-electron chi connectivity index (χ0n) is 18.5. The number of rotatable bonds is 6. The molecule has 3 aromatic heterocycles. The summed E-state index contributed by atoms with van der Waals surface area (Å²) in [6, 6.07) is 20.0. The molecule has 1 amide bonds. The van der Waals surface area contributed by atoms with Gasteiger partial charge in [-0.3, -0.25) is 4.79 Å². The Labute approximate surface area is 200 Å². The highest BCUT2D eigenvalue weighted by Crippen LogP contribution is 2.27. The van der Waals surface area contributed by atoms with Crippen LogP contribution in [-0.2, 0) is 10.0 Å². The summed E-state index contributed by atoms with van der Waals surface area (Å²) in [6.45, 7) is 1.84. The molecular weight excluding hydrogens is 466 g/mol. The molecule has 0 spiro atoms. The smallest absolute Gasteiger partial charge is 0.264 e. The van der Waals surface area contributed by atoms with Crippen molar-refractivity contribution < 1.29 is 17.6 Å². The molecule has 2 aromatic carbocycles. The van der Waals surface area contributed by atoms with Crippen LogP contribution in [0.25, 0.3) is 22.4 Å². The van der Waals surface area contributed by atoms with E-state index in [9.17, 15) is 13.2 Å². The molecule has 3 heterocycles. The molecule has 0 fully saturated rings. The van der Waals surface area contributed by atoms with Gasteiger partial charge in [0.1, 0.15) is 11.5 Å². The monoisotopic (exact) mass is 485 g/mol. The summed E-state index contributed by atoms with van der Waals surface area (Å²) in [7, 11) is -3.88. The molecule has 9 nitrogen and oxygen atoms in total. The number of amides is 1. The number of hydrogen-bond acceptors (Lipinski definition) is 7. The van der Waals surface area contributed by atoms with Crippen molar-refractivity contribution in [2.75, 3.05) is 10.0 Å². The van der Waals surface area contributed by atoms with Crippen LogP contribution in [-0.4, -0.2) is 29.3 Å². The van der Waals surface area contributed by atoms with E-state index >= 15 is 0 Å². The van der Waals surface area contributed by atoms with Crippen LogP contribution < -0.4 is 10.0 Å². The number of furan rings is 1. The lowest BCUT2D eigenvalue weighted by molar-refractivity contribution is 0.102. The minimum atomic E-state index is -3.88. The second-order valence-electron chi connectivity index (χ2n) is 7.64. The number of aromatic nitrogens is 3. The van der Waals surface area contributed by atoms with Crippen LogP contribution in [0.5, 0.6) is 0 Å². The first-order valence-corrected chi connectivity index (χ1v) is 12.1. The van der Waals surface area contributed by atoms with Gasteiger partial charge in [-0.2, -0.15) is 0 Å². The van der Waals surface area contributed by atoms with Gasteiger partial charge in [-0.05, 0) is 61.5 Å². The third kappa shape index (κ3) is 4.73. The highest BCUT2D eigenvalue weighted by molar-refractivity contribution is 7.92. The highest BCUT2D eigenvalue weighted by atomic mass is 32.2. The molecule has 0 bridgehead atoms. The second-order valence-corrected chi connectivity index (χ2v) is 9.32. The molecule has 5 rings (SSSR count). The van der Waals surface area contributed by atoms with Crippen LogP contribution in [0.2, 0.25) is 0 Å². The zero-order valence-corrected chi connectivity index (χ0v) is 19.3. The quantitative estimate of drug-likeness (QED) is 0.358. The van der Waals surface area contributed by atoms with Gasteiger partial charge in [0.05, 0.1) is 16.0 Å². The van der Waals surface area contributed by atoms with E-state index in [1.165, 1.54) is 36.7 Å². The van der Waals surface area contributed by atoms with Gasteiger partial charge in [0.25, 0.3) is 15.9 Å². The molecule has 0 unspecified atom stereocenters. The molecule has 0 aliphatic heterocycles. The minimum absolute atomic E-state index is 0.00721. The number of sulfonamides is 1. The number of nitrogens with zero attached hydrogens (tertiary/aromatic N) is 3. The highest BCUT2D eigenvalue weighted by Gasteiger charge is 2.18. The van der Waals surface area contributed by atoms with Gasteiger partial charge in [-0.15, -0.1) is 0 Å². The Hall–Kier alpha value is -4.57. The van der Waals surface area contributed by atoms with Crippen molar-refractivity contribution >= 4 is 38.5 Å². The molecule has 35 heavy (non-hydrogen) atoms. The fourth-order valence-corrected chi connectivity index (χ4v) is 4.47. The number of para-hydroxylation sites is 1. The van der Waals surface area contributed by atoms with Gasteiger partial charge in [0, 0.05) is 23.5 Å². The van der Waals surface area contributed by atoms with Crippen LogP contribution in [0.3, 0.4) is 0 Å². The number of benzene rings is 2. The topological polar surface area (TPSA) is 127 Å². The number of hydrogen-bond donors (Lipinski definition) is 2. The predicted molar refractivity (Wildman–Crippen MR) is 131 cm³/mol. The van der Waals surface area contributed by atoms with Crippen LogP contribution in [0.15, 0.2) is 94.5 Å². The maximum atomic E-state index is 13.2. The van der Waals surface area contributed by atoms with E-state index in [0.29, 0.717) is 33.6 Å². The number of pyridine rings is 1. The summed E-state index contributed by atoms with van der Waals surface area (Å²) >= 11 is 0. The summed E-state index contributed by atoms with van der Waals surface area (Å²) < 4.78 is 33.2. The van der Waals surface area contributed by atoms with Crippen molar-refractivity contribution in [1.82, 2.24) is 15.0 Å². The summed E-state index contributed by atoms with van der Waals surface area (Å²) in [6.07, 6.45) is 2.87. The van der Waals surface area contributed by atoms with E-state index < -0.39 is 10.0 Å². The summed E-state index contributed by atoms with van der Waals surface area (Å²) in [5, 5.41) is 3.51. The summed E-state index contributed by atoms with van der Waals surface area (Å²) in [4.78, 5) is 25.6.